The van der Waals surface area contributed by atoms with Crippen LogP contribution in [0.2, 0.25) is 0 Å². The third-order valence-corrected chi connectivity index (χ3v) is 2.17. The van der Waals surface area contributed by atoms with Gasteiger partial charge < -0.3 is 10.1 Å². The Kier molecular flexibility index (Phi) is 3.14. The Morgan fingerprint density at radius 1 is 1.75 bits per heavy atom. The van der Waals surface area contributed by atoms with Crippen molar-refractivity contribution in [3.63, 3.8) is 0 Å². The first-order chi connectivity index (χ1) is 5.77. The topological polar surface area (TPSA) is 38.3 Å². The molecule has 0 saturated carbocycles. The van der Waals surface area contributed by atoms with Crippen molar-refractivity contribution in [1.29, 1.82) is 0 Å². The van der Waals surface area contributed by atoms with Gasteiger partial charge in [-0.3, -0.25) is 4.79 Å². The van der Waals surface area contributed by atoms with Gasteiger partial charge in [0.2, 0.25) is 5.91 Å². The molecule has 3 nitrogen and oxygen atoms in total. The maximum absolute atomic E-state index is 11.2. The van der Waals surface area contributed by atoms with Crippen LogP contribution in [0.4, 0.5) is 0 Å². The van der Waals surface area contributed by atoms with Gasteiger partial charge in [-0.05, 0) is 18.9 Å². The number of hydrogen-bond donors (Lipinski definition) is 1. The second-order valence-electron chi connectivity index (χ2n) is 2.95. The molecular weight excluding hydrogens is 154 g/mol. The van der Waals surface area contributed by atoms with E-state index in [-0.39, 0.29) is 11.8 Å². The van der Waals surface area contributed by atoms with Crippen molar-refractivity contribution in [2.45, 2.75) is 19.3 Å². The summed E-state index contributed by atoms with van der Waals surface area (Å²) in [6.45, 7) is 0. The third-order valence-electron chi connectivity index (χ3n) is 2.17. The standard InChI is InChI=1S/C9H15NO2/c1-10-9(11)7-4-3-5-8(6-7)12-2/h6-7H,3-5H2,1-2H3,(H,10,11). The monoisotopic (exact) mass is 169 g/mol. The van der Waals surface area contributed by atoms with Crippen LogP contribution in [0.1, 0.15) is 19.3 Å². The molecule has 0 bridgehead atoms. The van der Waals surface area contributed by atoms with E-state index in [9.17, 15) is 4.79 Å². The average molecular weight is 169 g/mol. The van der Waals surface area contributed by atoms with Crippen molar-refractivity contribution >= 4 is 5.91 Å². The zero-order valence-corrected chi connectivity index (χ0v) is 7.59. The molecule has 1 aliphatic carbocycles. The summed E-state index contributed by atoms with van der Waals surface area (Å²) in [5.74, 6) is 1.04. The molecular formula is C9H15NO2. The molecule has 1 amide bonds. The highest BCUT2D eigenvalue weighted by molar-refractivity contribution is 5.80. The smallest absolute Gasteiger partial charge is 0.226 e. The van der Waals surface area contributed by atoms with Crippen LogP contribution in [0.25, 0.3) is 0 Å². The van der Waals surface area contributed by atoms with Gasteiger partial charge in [-0.2, -0.15) is 0 Å². The van der Waals surface area contributed by atoms with E-state index in [0.717, 1.165) is 25.0 Å². The largest absolute Gasteiger partial charge is 0.501 e. The maximum Gasteiger partial charge on any atom is 0.226 e. The number of ether oxygens (including phenoxy) is 1. The van der Waals surface area contributed by atoms with Crippen molar-refractivity contribution < 1.29 is 9.53 Å². The quantitative estimate of drug-likeness (QED) is 0.671. The van der Waals surface area contributed by atoms with Gasteiger partial charge >= 0.3 is 0 Å². The summed E-state index contributed by atoms with van der Waals surface area (Å²) in [6, 6.07) is 0. The van der Waals surface area contributed by atoms with E-state index in [0.29, 0.717) is 0 Å². The Bertz CT molecular complexity index is 199. The highest BCUT2D eigenvalue weighted by Gasteiger charge is 2.19. The van der Waals surface area contributed by atoms with Crippen molar-refractivity contribution in [3.8, 4) is 0 Å². The van der Waals surface area contributed by atoms with Crippen molar-refractivity contribution in [1.82, 2.24) is 5.32 Å². The van der Waals surface area contributed by atoms with Gasteiger partial charge in [0.05, 0.1) is 18.8 Å². The van der Waals surface area contributed by atoms with Crippen LogP contribution in [-0.2, 0) is 9.53 Å². The van der Waals surface area contributed by atoms with Crippen LogP contribution in [0.3, 0.4) is 0 Å². The predicted molar refractivity (Wildman–Crippen MR) is 46.5 cm³/mol. The molecule has 0 aromatic carbocycles. The Balaban J connectivity index is 2.60. The molecule has 0 heterocycles. The van der Waals surface area contributed by atoms with Crippen LogP contribution in [0, 0.1) is 5.92 Å². The lowest BCUT2D eigenvalue weighted by molar-refractivity contribution is -0.123. The van der Waals surface area contributed by atoms with Gasteiger partial charge in [-0.1, -0.05) is 0 Å². The second-order valence-corrected chi connectivity index (χ2v) is 2.95. The molecule has 3 heteroatoms. The average Bonchev–Trinajstić information content (AvgIpc) is 2.17. The van der Waals surface area contributed by atoms with Crippen LogP contribution in [0.5, 0.6) is 0 Å². The number of carbonyl (C=O) groups is 1. The van der Waals surface area contributed by atoms with E-state index in [2.05, 4.69) is 5.32 Å². The summed E-state index contributed by atoms with van der Waals surface area (Å²) in [5, 5.41) is 2.64. The molecule has 0 aromatic rings. The minimum atomic E-state index is 0.0127. The zero-order valence-electron chi connectivity index (χ0n) is 7.59. The highest BCUT2D eigenvalue weighted by atomic mass is 16.5. The fraction of sp³-hybridized carbons (Fsp3) is 0.667. The first-order valence-electron chi connectivity index (χ1n) is 4.24. The third kappa shape index (κ3) is 2.00. The Labute approximate surface area is 72.8 Å². The van der Waals surface area contributed by atoms with Crippen LogP contribution in [0.15, 0.2) is 11.8 Å². The molecule has 1 rings (SSSR count). The zero-order chi connectivity index (χ0) is 8.97. The normalized spacial score (nSPS) is 22.8. The van der Waals surface area contributed by atoms with E-state index >= 15 is 0 Å². The second kappa shape index (κ2) is 4.14. The lowest BCUT2D eigenvalue weighted by Gasteiger charge is -2.18. The van der Waals surface area contributed by atoms with E-state index in [4.69, 9.17) is 4.74 Å². The minimum Gasteiger partial charge on any atom is -0.501 e. The first kappa shape index (κ1) is 9.10. The van der Waals surface area contributed by atoms with E-state index < -0.39 is 0 Å². The molecule has 1 unspecified atom stereocenters. The molecule has 0 aromatic heterocycles. The Morgan fingerprint density at radius 2 is 2.50 bits per heavy atom. The van der Waals surface area contributed by atoms with E-state index in [1.54, 1.807) is 14.2 Å². The Morgan fingerprint density at radius 3 is 3.08 bits per heavy atom. The van der Waals surface area contributed by atoms with Gasteiger partial charge in [0.25, 0.3) is 0 Å². The fourth-order valence-electron chi connectivity index (χ4n) is 1.45. The number of carbonyl (C=O) groups excluding carboxylic acids is 1. The number of nitrogens with one attached hydrogen (secondary N) is 1. The molecule has 0 saturated heterocycles. The predicted octanol–water partition coefficient (Wildman–Crippen LogP) is 1.06. The number of rotatable bonds is 2. The van der Waals surface area contributed by atoms with E-state index in [1.165, 1.54) is 0 Å². The summed E-state index contributed by atoms with van der Waals surface area (Å²) >= 11 is 0. The maximum atomic E-state index is 11.2. The van der Waals surface area contributed by atoms with Crippen LogP contribution < -0.4 is 5.32 Å². The van der Waals surface area contributed by atoms with Crippen molar-refractivity contribution in [2.24, 2.45) is 5.92 Å². The molecule has 1 aliphatic rings. The van der Waals surface area contributed by atoms with Gasteiger partial charge in [0, 0.05) is 13.5 Å². The summed E-state index contributed by atoms with van der Waals surface area (Å²) in [4.78, 5) is 11.2. The molecule has 68 valence electrons. The molecule has 0 aliphatic heterocycles. The lowest BCUT2D eigenvalue weighted by atomic mass is 9.94. The molecule has 1 atom stereocenters. The molecule has 0 radical (unpaired) electrons. The van der Waals surface area contributed by atoms with Gasteiger partial charge in [-0.15, -0.1) is 0 Å². The minimum absolute atomic E-state index is 0.0127. The molecule has 0 spiro atoms. The van der Waals surface area contributed by atoms with Crippen molar-refractivity contribution in [2.75, 3.05) is 14.2 Å². The summed E-state index contributed by atoms with van der Waals surface area (Å²) in [7, 11) is 3.31. The summed E-state index contributed by atoms with van der Waals surface area (Å²) in [5.41, 5.74) is 0. The van der Waals surface area contributed by atoms with Gasteiger partial charge in [-0.25, -0.2) is 0 Å². The molecule has 1 N–H and O–H groups in total. The lowest BCUT2D eigenvalue weighted by Crippen LogP contribution is -2.27. The fourth-order valence-corrected chi connectivity index (χ4v) is 1.45. The number of hydrogen-bond acceptors (Lipinski definition) is 2. The van der Waals surface area contributed by atoms with E-state index in [1.807, 2.05) is 6.08 Å². The number of methoxy groups -OCH3 is 1. The first-order valence-corrected chi connectivity index (χ1v) is 4.24. The molecule has 0 fully saturated rings. The SMILES string of the molecule is CNC(=O)C1C=C(OC)CCC1. The van der Waals surface area contributed by atoms with Gasteiger partial charge in [0.1, 0.15) is 0 Å². The number of amides is 1. The molecule has 12 heavy (non-hydrogen) atoms. The highest BCUT2D eigenvalue weighted by Crippen LogP contribution is 2.22. The summed E-state index contributed by atoms with van der Waals surface area (Å²) in [6.07, 6.45) is 4.86. The number of allylic oxidation sites excluding steroid dienone is 1. The van der Waals surface area contributed by atoms with Crippen LogP contribution >= 0.6 is 0 Å². The van der Waals surface area contributed by atoms with Crippen LogP contribution in [-0.4, -0.2) is 20.1 Å². The van der Waals surface area contributed by atoms with Crippen molar-refractivity contribution in [3.05, 3.63) is 11.8 Å². The summed E-state index contributed by atoms with van der Waals surface area (Å²) < 4.78 is 5.10. The van der Waals surface area contributed by atoms with Gasteiger partial charge in [0.15, 0.2) is 0 Å². The Hall–Kier alpha value is -0.990.